The summed E-state index contributed by atoms with van der Waals surface area (Å²) in [5.41, 5.74) is 1.31. The van der Waals surface area contributed by atoms with Gasteiger partial charge in [0.25, 0.3) is 0 Å². The van der Waals surface area contributed by atoms with Gasteiger partial charge < -0.3 is 20.3 Å². The van der Waals surface area contributed by atoms with Gasteiger partial charge in [0.05, 0.1) is 13.2 Å². The topological polar surface area (TPSA) is 53.6 Å². The first-order valence-corrected chi connectivity index (χ1v) is 7.57. The van der Waals surface area contributed by atoms with Crippen LogP contribution in [0.15, 0.2) is 30.3 Å². The summed E-state index contributed by atoms with van der Waals surface area (Å²) in [5, 5.41) is 6.12. The number of morpholine rings is 1. The Kier molecular flexibility index (Phi) is 12.1. The molecule has 0 spiro atoms. The molecule has 0 radical (unpaired) electrons. The molecule has 1 aliphatic rings. The number of amides is 1. The molecule has 2 N–H and O–H groups in total. The van der Waals surface area contributed by atoms with Crippen LogP contribution in [0.2, 0.25) is 0 Å². The van der Waals surface area contributed by atoms with Gasteiger partial charge in [0.2, 0.25) is 5.91 Å². The predicted octanol–water partition coefficient (Wildman–Crippen LogP) is 1.46. The second-order valence-electron chi connectivity index (χ2n) is 5.45. The van der Waals surface area contributed by atoms with E-state index in [0.29, 0.717) is 19.8 Å². The lowest BCUT2D eigenvalue weighted by Gasteiger charge is -2.23. The molecule has 1 saturated heterocycles. The van der Waals surface area contributed by atoms with Gasteiger partial charge in [-0.3, -0.25) is 4.79 Å². The van der Waals surface area contributed by atoms with Crippen LogP contribution in [0, 0.1) is 0 Å². The fourth-order valence-corrected chi connectivity index (χ4v) is 2.39. The van der Waals surface area contributed by atoms with Crippen molar-refractivity contribution in [3.05, 3.63) is 35.9 Å². The maximum absolute atomic E-state index is 11.9. The monoisotopic (exact) mass is 363 g/mol. The van der Waals surface area contributed by atoms with Crippen LogP contribution in [-0.4, -0.2) is 56.7 Å². The second-order valence-corrected chi connectivity index (χ2v) is 5.45. The molecular formula is C16H27Cl2N3O2. The van der Waals surface area contributed by atoms with Gasteiger partial charge in [0.15, 0.2) is 0 Å². The number of carbonyl (C=O) groups is 1. The number of hydrogen-bond acceptors (Lipinski definition) is 4. The van der Waals surface area contributed by atoms with E-state index in [1.54, 1.807) is 0 Å². The van der Waals surface area contributed by atoms with Crippen molar-refractivity contribution in [3.8, 4) is 0 Å². The number of carbonyl (C=O) groups excluding carboxylic acids is 1. The average Bonchev–Trinajstić information content (AvgIpc) is 2.53. The molecule has 2 rings (SSSR count). The summed E-state index contributed by atoms with van der Waals surface area (Å²) in [7, 11) is 2.10. The van der Waals surface area contributed by atoms with E-state index in [1.807, 2.05) is 6.07 Å². The van der Waals surface area contributed by atoms with Crippen LogP contribution in [0.5, 0.6) is 0 Å². The van der Waals surface area contributed by atoms with E-state index in [4.69, 9.17) is 4.74 Å². The van der Waals surface area contributed by atoms with Crippen molar-refractivity contribution in [2.24, 2.45) is 0 Å². The third-order valence-corrected chi connectivity index (χ3v) is 3.55. The summed E-state index contributed by atoms with van der Waals surface area (Å²) in [4.78, 5) is 14.1. The van der Waals surface area contributed by atoms with Crippen LogP contribution in [0.25, 0.3) is 0 Å². The van der Waals surface area contributed by atoms with Crippen LogP contribution < -0.4 is 10.6 Å². The molecule has 23 heavy (non-hydrogen) atoms. The third-order valence-electron chi connectivity index (χ3n) is 3.55. The summed E-state index contributed by atoms with van der Waals surface area (Å²) < 4.78 is 5.28. The molecule has 5 nitrogen and oxygen atoms in total. The number of halogens is 2. The van der Waals surface area contributed by atoms with Gasteiger partial charge in [0.1, 0.15) is 6.04 Å². The summed E-state index contributed by atoms with van der Waals surface area (Å²) in [6.45, 7) is 4.51. The van der Waals surface area contributed by atoms with Crippen LogP contribution in [0.4, 0.5) is 0 Å². The fourth-order valence-electron chi connectivity index (χ4n) is 2.39. The molecular weight excluding hydrogens is 337 g/mol. The van der Waals surface area contributed by atoms with Crippen LogP contribution in [0.1, 0.15) is 12.0 Å². The van der Waals surface area contributed by atoms with E-state index >= 15 is 0 Å². The van der Waals surface area contributed by atoms with E-state index in [1.165, 1.54) is 5.56 Å². The number of rotatable bonds is 7. The molecule has 132 valence electrons. The van der Waals surface area contributed by atoms with Crippen LogP contribution in [-0.2, 0) is 16.1 Å². The Labute approximate surface area is 151 Å². The van der Waals surface area contributed by atoms with E-state index in [9.17, 15) is 4.79 Å². The molecule has 1 aromatic rings. The molecule has 7 heteroatoms. The Morgan fingerprint density at radius 2 is 2.09 bits per heavy atom. The SMILES string of the molecule is CN(CCCNC(=O)C1COCCN1)Cc1ccccc1.Cl.Cl. The average molecular weight is 364 g/mol. The predicted molar refractivity (Wildman–Crippen MR) is 97.5 cm³/mol. The van der Waals surface area contributed by atoms with Crippen molar-refractivity contribution in [2.45, 2.75) is 19.0 Å². The third kappa shape index (κ3) is 8.53. The van der Waals surface area contributed by atoms with Crippen molar-refractivity contribution in [1.29, 1.82) is 0 Å². The Morgan fingerprint density at radius 1 is 1.35 bits per heavy atom. The van der Waals surface area contributed by atoms with E-state index < -0.39 is 0 Å². The standard InChI is InChI=1S/C16H25N3O2.2ClH/c1-19(12-14-6-3-2-4-7-14)10-5-8-18-16(20)15-13-21-11-9-17-15;;/h2-4,6-7,15,17H,5,8-13H2,1H3,(H,18,20);2*1H. The molecule has 1 aromatic carbocycles. The number of hydrogen-bond donors (Lipinski definition) is 2. The highest BCUT2D eigenvalue weighted by Gasteiger charge is 2.20. The summed E-state index contributed by atoms with van der Waals surface area (Å²) in [6.07, 6.45) is 0.947. The lowest BCUT2D eigenvalue weighted by molar-refractivity contribution is -0.125. The highest BCUT2D eigenvalue weighted by atomic mass is 35.5. The van der Waals surface area contributed by atoms with Gasteiger partial charge in [-0.05, 0) is 25.6 Å². The molecule has 1 unspecified atom stereocenters. The Morgan fingerprint density at radius 3 is 2.74 bits per heavy atom. The zero-order valence-corrected chi connectivity index (χ0v) is 15.1. The van der Waals surface area contributed by atoms with Gasteiger partial charge >= 0.3 is 0 Å². The first-order valence-electron chi connectivity index (χ1n) is 7.57. The lowest BCUT2D eigenvalue weighted by Crippen LogP contribution is -2.51. The molecule has 1 heterocycles. The Hall–Kier alpha value is -0.850. The largest absolute Gasteiger partial charge is 0.378 e. The first kappa shape index (κ1) is 22.1. The van der Waals surface area contributed by atoms with Crippen molar-refractivity contribution < 1.29 is 9.53 Å². The zero-order chi connectivity index (χ0) is 14.9. The summed E-state index contributed by atoms with van der Waals surface area (Å²) in [5.74, 6) is 0.0420. The van der Waals surface area contributed by atoms with Crippen LogP contribution >= 0.6 is 24.8 Å². The van der Waals surface area contributed by atoms with Gasteiger partial charge in [-0.15, -0.1) is 24.8 Å². The van der Waals surface area contributed by atoms with Gasteiger partial charge in [-0.1, -0.05) is 30.3 Å². The van der Waals surface area contributed by atoms with Crippen molar-refractivity contribution in [2.75, 3.05) is 39.9 Å². The molecule has 0 aliphatic carbocycles. The second kappa shape index (κ2) is 12.6. The number of nitrogens with zero attached hydrogens (tertiary/aromatic N) is 1. The zero-order valence-electron chi connectivity index (χ0n) is 13.5. The minimum Gasteiger partial charge on any atom is -0.378 e. The molecule has 1 amide bonds. The Balaban J connectivity index is 0.00000242. The van der Waals surface area contributed by atoms with Gasteiger partial charge in [-0.25, -0.2) is 0 Å². The number of ether oxygens (including phenoxy) is 1. The van der Waals surface area contributed by atoms with Crippen molar-refractivity contribution in [3.63, 3.8) is 0 Å². The highest BCUT2D eigenvalue weighted by molar-refractivity contribution is 5.85. The number of benzene rings is 1. The first-order chi connectivity index (χ1) is 10.3. The van der Waals surface area contributed by atoms with Crippen molar-refractivity contribution in [1.82, 2.24) is 15.5 Å². The summed E-state index contributed by atoms with van der Waals surface area (Å²) >= 11 is 0. The van der Waals surface area contributed by atoms with Gasteiger partial charge in [0, 0.05) is 19.6 Å². The molecule has 1 atom stereocenters. The fraction of sp³-hybridized carbons (Fsp3) is 0.562. The normalized spacial score (nSPS) is 17.0. The molecule has 1 aliphatic heterocycles. The van der Waals surface area contributed by atoms with Gasteiger partial charge in [-0.2, -0.15) is 0 Å². The molecule has 0 aromatic heterocycles. The highest BCUT2D eigenvalue weighted by Crippen LogP contribution is 2.02. The Bertz CT molecular complexity index is 429. The maximum atomic E-state index is 11.9. The molecule has 0 bridgehead atoms. The molecule has 1 fully saturated rings. The maximum Gasteiger partial charge on any atom is 0.239 e. The lowest BCUT2D eigenvalue weighted by atomic mass is 10.2. The molecule has 0 saturated carbocycles. The van der Waals surface area contributed by atoms with Crippen LogP contribution in [0.3, 0.4) is 0 Å². The summed E-state index contributed by atoms with van der Waals surface area (Å²) in [6, 6.07) is 10.2. The number of nitrogens with one attached hydrogen (secondary N) is 2. The van der Waals surface area contributed by atoms with E-state index in [-0.39, 0.29) is 36.8 Å². The minimum atomic E-state index is -0.194. The van der Waals surface area contributed by atoms with Crippen molar-refractivity contribution >= 4 is 30.7 Å². The smallest absolute Gasteiger partial charge is 0.239 e. The minimum absolute atomic E-state index is 0. The van der Waals surface area contributed by atoms with E-state index in [0.717, 1.165) is 26.1 Å². The quantitative estimate of drug-likeness (QED) is 0.720. The van der Waals surface area contributed by atoms with E-state index in [2.05, 4.69) is 46.8 Å².